The Balaban J connectivity index is 2.42. The van der Waals surface area contributed by atoms with Gasteiger partial charge < -0.3 is 0 Å². The van der Waals surface area contributed by atoms with E-state index < -0.39 is 0 Å². The predicted molar refractivity (Wildman–Crippen MR) is 52.3 cm³/mol. The van der Waals surface area contributed by atoms with Crippen LogP contribution in [0.15, 0.2) is 23.2 Å². The van der Waals surface area contributed by atoms with Gasteiger partial charge in [0.2, 0.25) is 0 Å². The van der Waals surface area contributed by atoms with E-state index in [9.17, 15) is 0 Å². The van der Waals surface area contributed by atoms with Crippen LogP contribution in [0.3, 0.4) is 0 Å². The van der Waals surface area contributed by atoms with Gasteiger partial charge >= 0.3 is 0 Å². The Hall–Kier alpha value is -1.11. The van der Waals surface area contributed by atoms with E-state index in [1.54, 1.807) is 0 Å². The Morgan fingerprint density at radius 3 is 3.00 bits per heavy atom. The van der Waals surface area contributed by atoms with Gasteiger partial charge in [-0.1, -0.05) is 19.1 Å². The highest BCUT2D eigenvalue weighted by Gasteiger charge is 2.10. The molecule has 1 heterocycles. The van der Waals surface area contributed by atoms with Gasteiger partial charge in [-0.3, -0.25) is 4.99 Å². The quantitative estimate of drug-likeness (QED) is 0.597. The van der Waals surface area contributed by atoms with Gasteiger partial charge in [-0.25, -0.2) is 0 Å². The molecule has 0 aromatic heterocycles. The molecule has 1 aliphatic heterocycles. The van der Waals surface area contributed by atoms with Crippen LogP contribution in [0.25, 0.3) is 0 Å². The number of nitrogens with zero attached hydrogens (tertiary/aromatic N) is 1. The molecular weight excluding hydrogens is 146 g/mol. The number of aryl methyl sites for hydroxylation is 1. The maximum Gasteiger partial charge on any atom is 0.0665 e. The number of hydrogen-bond donors (Lipinski definition) is 0. The molecule has 1 heteroatoms. The van der Waals surface area contributed by atoms with E-state index in [1.165, 1.54) is 22.5 Å². The average Bonchev–Trinajstić information content (AvgIpc) is 2.43. The smallest absolute Gasteiger partial charge is 0.0665 e. The third-order valence-corrected chi connectivity index (χ3v) is 2.31. The molecule has 0 saturated heterocycles. The van der Waals surface area contributed by atoms with Crippen molar-refractivity contribution in [3.05, 3.63) is 29.3 Å². The summed E-state index contributed by atoms with van der Waals surface area (Å²) in [4.78, 5) is 4.44. The van der Waals surface area contributed by atoms with Crippen LogP contribution in [0.5, 0.6) is 0 Å². The Labute approximate surface area is 73.1 Å². The first-order valence-electron chi connectivity index (χ1n) is 4.45. The summed E-state index contributed by atoms with van der Waals surface area (Å²) in [5.41, 5.74) is 5.22. The fourth-order valence-electron chi connectivity index (χ4n) is 1.63. The minimum absolute atomic E-state index is 1.04. The van der Waals surface area contributed by atoms with Crippen molar-refractivity contribution in [2.24, 2.45) is 4.99 Å². The maximum atomic E-state index is 4.44. The van der Waals surface area contributed by atoms with Gasteiger partial charge in [-0.05, 0) is 30.5 Å². The highest BCUT2D eigenvalue weighted by molar-refractivity contribution is 5.92. The lowest BCUT2D eigenvalue weighted by Crippen LogP contribution is -1.89. The number of rotatable bonds is 1. The molecule has 62 valence electrons. The van der Waals surface area contributed by atoms with Crippen LogP contribution in [0, 0.1) is 0 Å². The molecule has 0 unspecified atom stereocenters. The van der Waals surface area contributed by atoms with E-state index in [0.717, 1.165) is 12.8 Å². The minimum atomic E-state index is 1.04. The summed E-state index contributed by atoms with van der Waals surface area (Å²) in [6.45, 7) is 4.27. The molecule has 0 bridgehead atoms. The van der Waals surface area contributed by atoms with Gasteiger partial charge in [0.05, 0.1) is 5.69 Å². The molecule has 0 atom stereocenters. The Kier molecular flexibility index (Phi) is 1.72. The molecule has 1 aromatic carbocycles. The highest BCUT2D eigenvalue weighted by Crippen LogP contribution is 2.27. The summed E-state index contributed by atoms with van der Waals surface area (Å²) < 4.78 is 0. The zero-order valence-corrected chi connectivity index (χ0v) is 7.59. The normalized spacial score (nSPS) is 14.3. The molecule has 1 nitrogen and oxygen atoms in total. The lowest BCUT2D eigenvalue weighted by atomic mass is 10.1. The van der Waals surface area contributed by atoms with Gasteiger partial charge in [0, 0.05) is 12.1 Å². The number of benzene rings is 1. The lowest BCUT2D eigenvalue weighted by Gasteiger charge is -1.99. The van der Waals surface area contributed by atoms with Crippen LogP contribution < -0.4 is 0 Å². The van der Waals surface area contributed by atoms with Crippen LogP contribution >= 0.6 is 0 Å². The van der Waals surface area contributed by atoms with E-state index in [1.807, 2.05) is 0 Å². The molecule has 0 radical (unpaired) electrons. The summed E-state index contributed by atoms with van der Waals surface area (Å²) in [5, 5.41) is 0. The zero-order chi connectivity index (χ0) is 8.55. The number of hydrogen-bond acceptors (Lipinski definition) is 1. The molecule has 0 fully saturated rings. The van der Waals surface area contributed by atoms with Crippen molar-refractivity contribution < 1.29 is 0 Å². The molecule has 0 aliphatic carbocycles. The van der Waals surface area contributed by atoms with Crippen LogP contribution in [0.2, 0.25) is 0 Å². The molecule has 12 heavy (non-hydrogen) atoms. The Bertz CT molecular complexity index is 337. The number of aliphatic imine (C=N–C) groups is 1. The third-order valence-electron chi connectivity index (χ3n) is 2.31. The van der Waals surface area contributed by atoms with Crippen molar-refractivity contribution in [1.29, 1.82) is 0 Å². The summed E-state index contributed by atoms with van der Waals surface area (Å²) in [6, 6.07) is 6.57. The van der Waals surface area contributed by atoms with E-state index >= 15 is 0 Å². The molecule has 1 aliphatic rings. The van der Waals surface area contributed by atoms with E-state index in [4.69, 9.17) is 0 Å². The van der Waals surface area contributed by atoms with Gasteiger partial charge in [-0.2, -0.15) is 0 Å². The van der Waals surface area contributed by atoms with Gasteiger partial charge in [0.25, 0.3) is 0 Å². The summed E-state index contributed by atoms with van der Waals surface area (Å²) in [6.07, 6.45) is 2.16. The van der Waals surface area contributed by atoms with Crippen molar-refractivity contribution in [2.75, 3.05) is 0 Å². The Morgan fingerprint density at radius 1 is 1.42 bits per heavy atom. The SMILES string of the molecule is CCc1ccc2c(c1)CC(C)=N2. The highest BCUT2D eigenvalue weighted by atomic mass is 14.8. The average molecular weight is 159 g/mol. The van der Waals surface area contributed by atoms with Gasteiger partial charge in [0.15, 0.2) is 0 Å². The standard InChI is InChI=1S/C11H13N/c1-3-9-4-5-11-10(7-9)6-8(2)12-11/h4-5,7H,3,6H2,1-2H3. The van der Waals surface area contributed by atoms with Crippen LogP contribution in [0.4, 0.5) is 5.69 Å². The first-order valence-corrected chi connectivity index (χ1v) is 4.45. The second kappa shape index (κ2) is 2.74. The summed E-state index contributed by atoms with van der Waals surface area (Å²) in [7, 11) is 0. The number of fused-ring (bicyclic) bond motifs is 1. The zero-order valence-electron chi connectivity index (χ0n) is 7.59. The topological polar surface area (TPSA) is 12.4 Å². The summed E-state index contributed by atoms with van der Waals surface area (Å²) >= 11 is 0. The van der Waals surface area contributed by atoms with Crippen LogP contribution in [0.1, 0.15) is 25.0 Å². The van der Waals surface area contributed by atoms with E-state index in [2.05, 4.69) is 37.0 Å². The van der Waals surface area contributed by atoms with Crippen molar-refractivity contribution >= 4 is 11.4 Å². The largest absolute Gasteiger partial charge is 0.257 e. The predicted octanol–water partition coefficient (Wildman–Crippen LogP) is 2.90. The fraction of sp³-hybridized carbons (Fsp3) is 0.364. The molecule has 0 amide bonds. The van der Waals surface area contributed by atoms with Crippen molar-refractivity contribution in [3.8, 4) is 0 Å². The molecule has 2 rings (SSSR count). The molecule has 0 N–H and O–H groups in total. The lowest BCUT2D eigenvalue weighted by molar-refractivity contribution is 1.13. The van der Waals surface area contributed by atoms with E-state index in [0.29, 0.717) is 0 Å². The van der Waals surface area contributed by atoms with Crippen molar-refractivity contribution in [3.63, 3.8) is 0 Å². The monoisotopic (exact) mass is 159 g/mol. The minimum Gasteiger partial charge on any atom is -0.257 e. The maximum absolute atomic E-state index is 4.44. The first-order chi connectivity index (χ1) is 5.79. The Morgan fingerprint density at radius 2 is 2.25 bits per heavy atom. The van der Waals surface area contributed by atoms with Crippen molar-refractivity contribution in [1.82, 2.24) is 0 Å². The molecule has 0 spiro atoms. The van der Waals surface area contributed by atoms with Crippen LogP contribution in [-0.4, -0.2) is 5.71 Å². The van der Waals surface area contributed by atoms with Gasteiger partial charge in [0.1, 0.15) is 0 Å². The third kappa shape index (κ3) is 1.15. The molecular formula is C11H13N. The van der Waals surface area contributed by atoms with Crippen molar-refractivity contribution in [2.45, 2.75) is 26.7 Å². The van der Waals surface area contributed by atoms with Crippen LogP contribution in [-0.2, 0) is 12.8 Å². The molecule has 1 aromatic rings. The fourth-order valence-corrected chi connectivity index (χ4v) is 1.63. The van der Waals surface area contributed by atoms with E-state index in [-0.39, 0.29) is 0 Å². The second-order valence-electron chi connectivity index (χ2n) is 3.34. The second-order valence-corrected chi connectivity index (χ2v) is 3.34. The molecule has 0 saturated carbocycles. The van der Waals surface area contributed by atoms with Gasteiger partial charge in [-0.15, -0.1) is 0 Å². The first kappa shape index (κ1) is 7.53. The summed E-state index contributed by atoms with van der Waals surface area (Å²) in [5.74, 6) is 0.